The third-order valence-corrected chi connectivity index (χ3v) is 3.04. The number of hydrogen-bond donors (Lipinski definition) is 2. The van der Waals surface area contributed by atoms with Crippen LogP contribution in [0.1, 0.15) is 26.2 Å². The lowest BCUT2D eigenvalue weighted by Crippen LogP contribution is -2.39. The molecule has 5 nitrogen and oxygen atoms in total. The summed E-state index contributed by atoms with van der Waals surface area (Å²) in [7, 11) is 0. The second-order valence-corrected chi connectivity index (χ2v) is 4.40. The molecule has 1 heterocycles. The summed E-state index contributed by atoms with van der Waals surface area (Å²) >= 11 is 0. The van der Waals surface area contributed by atoms with Crippen molar-refractivity contribution in [3.8, 4) is 0 Å². The Balaban J connectivity index is 2.08. The normalized spacial score (nSPS) is 18.2. The van der Waals surface area contributed by atoms with Gasteiger partial charge in [0.2, 0.25) is 5.91 Å². The number of ether oxygens (including phenoxy) is 1. The molecule has 0 atom stereocenters. The maximum atomic E-state index is 11.3. The summed E-state index contributed by atoms with van der Waals surface area (Å²) in [5, 5.41) is 2.82. The first-order valence-electron chi connectivity index (χ1n) is 6.57. The second kappa shape index (κ2) is 8.44. The Morgan fingerprint density at radius 1 is 1.47 bits per heavy atom. The van der Waals surface area contributed by atoms with Crippen molar-refractivity contribution in [3.05, 3.63) is 0 Å². The number of rotatable bonds is 7. The molecule has 5 heteroatoms. The number of nitrogens with one attached hydrogen (secondary N) is 1. The third kappa shape index (κ3) is 6.00. The van der Waals surface area contributed by atoms with Crippen molar-refractivity contribution < 1.29 is 9.53 Å². The molecule has 1 aliphatic rings. The van der Waals surface area contributed by atoms with Crippen LogP contribution in [0.4, 0.5) is 0 Å². The minimum atomic E-state index is 0.147. The smallest absolute Gasteiger partial charge is 0.221 e. The summed E-state index contributed by atoms with van der Waals surface area (Å²) in [5.41, 5.74) is 5.40. The highest BCUT2D eigenvalue weighted by Crippen LogP contribution is 2.13. The number of piperidine rings is 1. The van der Waals surface area contributed by atoms with Crippen molar-refractivity contribution in [3.63, 3.8) is 0 Å². The predicted molar refractivity (Wildman–Crippen MR) is 67.8 cm³/mol. The van der Waals surface area contributed by atoms with Crippen molar-refractivity contribution >= 4 is 5.91 Å². The average Bonchev–Trinajstić information content (AvgIpc) is 2.35. The Hall–Kier alpha value is -0.650. The van der Waals surface area contributed by atoms with Crippen LogP contribution in [0, 0.1) is 0 Å². The van der Waals surface area contributed by atoms with Gasteiger partial charge in [0.1, 0.15) is 0 Å². The maximum absolute atomic E-state index is 11.3. The molecule has 1 aliphatic heterocycles. The lowest BCUT2D eigenvalue weighted by molar-refractivity contribution is -0.121. The van der Waals surface area contributed by atoms with Gasteiger partial charge in [0, 0.05) is 39.1 Å². The fourth-order valence-electron chi connectivity index (χ4n) is 2.08. The molecule has 100 valence electrons. The molecule has 1 fully saturated rings. The van der Waals surface area contributed by atoms with Crippen LogP contribution in [0.3, 0.4) is 0 Å². The Morgan fingerprint density at radius 2 is 2.18 bits per heavy atom. The van der Waals surface area contributed by atoms with E-state index in [1.165, 1.54) is 0 Å². The van der Waals surface area contributed by atoms with Gasteiger partial charge >= 0.3 is 0 Å². The molecule has 1 rings (SSSR count). The van der Waals surface area contributed by atoms with E-state index in [1.54, 1.807) is 0 Å². The van der Waals surface area contributed by atoms with Gasteiger partial charge in [-0.3, -0.25) is 4.79 Å². The standard InChI is InChI=1S/C12H25N3O2/c1-2-14-12(16)5-9-15-7-3-11(4-8-15)17-10-6-13/h11H,2-10,13H2,1H3,(H,14,16). The monoisotopic (exact) mass is 243 g/mol. The molecule has 0 aromatic carbocycles. The lowest BCUT2D eigenvalue weighted by atomic mass is 10.1. The minimum Gasteiger partial charge on any atom is -0.377 e. The molecule has 1 saturated heterocycles. The van der Waals surface area contributed by atoms with Gasteiger partial charge in [-0.2, -0.15) is 0 Å². The molecular formula is C12H25N3O2. The van der Waals surface area contributed by atoms with E-state index in [2.05, 4.69) is 10.2 Å². The first-order chi connectivity index (χ1) is 8.26. The van der Waals surface area contributed by atoms with Crippen molar-refractivity contribution in [1.82, 2.24) is 10.2 Å². The van der Waals surface area contributed by atoms with Crippen LogP contribution in [0.5, 0.6) is 0 Å². The van der Waals surface area contributed by atoms with Crippen LogP contribution in [0.15, 0.2) is 0 Å². The molecule has 0 bridgehead atoms. The summed E-state index contributed by atoms with van der Waals surface area (Å²) < 4.78 is 5.61. The van der Waals surface area contributed by atoms with Crippen LogP contribution >= 0.6 is 0 Å². The van der Waals surface area contributed by atoms with Crippen LogP contribution in [-0.2, 0) is 9.53 Å². The molecule has 0 radical (unpaired) electrons. The SMILES string of the molecule is CCNC(=O)CCN1CCC(OCCN)CC1. The zero-order valence-corrected chi connectivity index (χ0v) is 10.8. The van der Waals surface area contributed by atoms with E-state index in [9.17, 15) is 4.79 Å². The first-order valence-corrected chi connectivity index (χ1v) is 6.57. The Kier molecular flexibility index (Phi) is 7.16. The highest BCUT2D eigenvalue weighted by Gasteiger charge is 2.19. The Labute approximate surface area is 104 Å². The number of carbonyl (C=O) groups excluding carboxylic acids is 1. The highest BCUT2D eigenvalue weighted by atomic mass is 16.5. The molecule has 17 heavy (non-hydrogen) atoms. The fourth-order valence-corrected chi connectivity index (χ4v) is 2.08. The minimum absolute atomic E-state index is 0.147. The first kappa shape index (κ1) is 14.4. The molecule has 0 aromatic heterocycles. The Bertz CT molecular complexity index is 216. The molecule has 0 aromatic rings. The molecule has 3 N–H and O–H groups in total. The zero-order chi connectivity index (χ0) is 12.5. The van der Waals surface area contributed by atoms with E-state index >= 15 is 0 Å². The molecule has 0 spiro atoms. The number of likely N-dealkylation sites (tertiary alicyclic amines) is 1. The predicted octanol–water partition coefficient (Wildman–Crippen LogP) is -0.0477. The molecule has 1 amide bonds. The van der Waals surface area contributed by atoms with Gasteiger partial charge < -0.3 is 20.7 Å². The number of nitrogens with two attached hydrogens (primary N) is 1. The number of hydrogen-bond acceptors (Lipinski definition) is 4. The van der Waals surface area contributed by atoms with E-state index in [-0.39, 0.29) is 5.91 Å². The highest BCUT2D eigenvalue weighted by molar-refractivity contribution is 5.75. The molecule has 0 unspecified atom stereocenters. The summed E-state index contributed by atoms with van der Waals surface area (Å²) in [6.07, 6.45) is 3.06. The van der Waals surface area contributed by atoms with E-state index in [1.807, 2.05) is 6.92 Å². The lowest BCUT2D eigenvalue weighted by Gasteiger charge is -2.31. The third-order valence-electron chi connectivity index (χ3n) is 3.04. The largest absolute Gasteiger partial charge is 0.377 e. The summed E-state index contributed by atoms with van der Waals surface area (Å²) in [4.78, 5) is 13.6. The average molecular weight is 243 g/mol. The van der Waals surface area contributed by atoms with E-state index in [4.69, 9.17) is 10.5 Å². The number of carbonyl (C=O) groups is 1. The van der Waals surface area contributed by atoms with Crippen LogP contribution in [-0.4, -0.2) is 56.2 Å². The van der Waals surface area contributed by atoms with Crippen molar-refractivity contribution in [2.24, 2.45) is 5.73 Å². The van der Waals surface area contributed by atoms with Gasteiger partial charge in [-0.15, -0.1) is 0 Å². The van der Waals surface area contributed by atoms with E-state index in [0.29, 0.717) is 32.2 Å². The number of nitrogens with zero attached hydrogens (tertiary/aromatic N) is 1. The van der Waals surface area contributed by atoms with Gasteiger partial charge in [0.05, 0.1) is 12.7 Å². The fraction of sp³-hybridized carbons (Fsp3) is 0.917. The van der Waals surface area contributed by atoms with Gasteiger partial charge in [-0.05, 0) is 19.8 Å². The quantitative estimate of drug-likeness (QED) is 0.658. The van der Waals surface area contributed by atoms with Gasteiger partial charge in [-0.1, -0.05) is 0 Å². The van der Waals surface area contributed by atoms with Gasteiger partial charge in [0.15, 0.2) is 0 Å². The van der Waals surface area contributed by atoms with Crippen LogP contribution in [0.25, 0.3) is 0 Å². The van der Waals surface area contributed by atoms with Crippen molar-refractivity contribution in [2.45, 2.75) is 32.3 Å². The molecule has 0 saturated carbocycles. The number of amides is 1. The van der Waals surface area contributed by atoms with Crippen LogP contribution in [0.2, 0.25) is 0 Å². The summed E-state index contributed by atoms with van der Waals surface area (Å²) in [5.74, 6) is 0.147. The van der Waals surface area contributed by atoms with Gasteiger partial charge in [0.25, 0.3) is 0 Å². The Morgan fingerprint density at radius 3 is 2.76 bits per heavy atom. The van der Waals surface area contributed by atoms with Crippen molar-refractivity contribution in [2.75, 3.05) is 39.3 Å². The van der Waals surface area contributed by atoms with E-state index in [0.717, 1.165) is 32.5 Å². The zero-order valence-electron chi connectivity index (χ0n) is 10.8. The van der Waals surface area contributed by atoms with Crippen molar-refractivity contribution in [1.29, 1.82) is 0 Å². The topological polar surface area (TPSA) is 67.6 Å². The summed E-state index contributed by atoms with van der Waals surface area (Å²) in [6, 6.07) is 0. The second-order valence-electron chi connectivity index (χ2n) is 4.40. The summed E-state index contributed by atoms with van der Waals surface area (Å²) in [6.45, 7) is 6.81. The maximum Gasteiger partial charge on any atom is 0.221 e. The van der Waals surface area contributed by atoms with Gasteiger partial charge in [-0.25, -0.2) is 0 Å². The molecule has 0 aliphatic carbocycles. The van der Waals surface area contributed by atoms with Crippen LogP contribution < -0.4 is 11.1 Å². The molecular weight excluding hydrogens is 218 g/mol. The van der Waals surface area contributed by atoms with E-state index < -0.39 is 0 Å².